The van der Waals surface area contributed by atoms with E-state index in [0.717, 1.165) is 17.6 Å². The van der Waals surface area contributed by atoms with Crippen LogP contribution in [0.1, 0.15) is 17.9 Å². The van der Waals surface area contributed by atoms with Crippen LogP contribution in [0.15, 0.2) is 52.9 Å². The maximum Gasteiger partial charge on any atom is 0.314 e. The summed E-state index contributed by atoms with van der Waals surface area (Å²) in [6.07, 6.45) is -2.90. The quantitative estimate of drug-likeness (QED) is 0.513. The minimum atomic E-state index is -2.90. The second kappa shape index (κ2) is 9.84. The summed E-state index contributed by atoms with van der Waals surface area (Å²) in [7, 11) is 0. The minimum absolute atomic E-state index is 0.0680. The van der Waals surface area contributed by atoms with Crippen molar-refractivity contribution < 1.29 is 21.8 Å². The Hall–Kier alpha value is -2.37. The van der Waals surface area contributed by atoms with Crippen LogP contribution in [0, 0.1) is 5.82 Å². The Morgan fingerprint density at radius 3 is 2.52 bits per heavy atom. The monoisotopic (exact) mass is 468 g/mol. The maximum atomic E-state index is 14.9. The van der Waals surface area contributed by atoms with Gasteiger partial charge in [0.05, 0.1) is 12.2 Å². The predicted molar refractivity (Wildman–Crippen MR) is 114 cm³/mol. The van der Waals surface area contributed by atoms with Crippen LogP contribution in [0.25, 0.3) is 11.5 Å². The zero-order chi connectivity index (χ0) is 21.8. The van der Waals surface area contributed by atoms with Gasteiger partial charge >= 0.3 is 6.43 Å². The lowest BCUT2D eigenvalue weighted by Gasteiger charge is -2.32. The number of halogens is 3. The van der Waals surface area contributed by atoms with Crippen molar-refractivity contribution in [3.63, 3.8) is 0 Å². The summed E-state index contributed by atoms with van der Waals surface area (Å²) in [6.45, 7) is 1.44. The molecular formula is C20H19F3N4O2S2. The highest BCUT2D eigenvalue weighted by Gasteiger charge is 2.25. The van der Waals surface area contributed by atoms with Crippen LogP contribution in [0.2, 0.25) is 0 Å². The Labute approximate surface area is 184 Å². The van der Waals surface area contributed by atoms with Gasteiger partial charge in [-0.15, -0.1) is 10.2 Å². The van der Waals surface area contributed by atoms with E-state index in [1.807, 2.05) is 46.4 Å². The Kier molecular flexibility index (Phi) is 6.93. The molecule has 1 fully saturated rings. The molecule has 2 aromatic carbocycles. The molecule has 0 amide bonds. The predicted octanol–water partition coefficient (Wildman–Crippen LogP) is 4.45. The molecule has 0 N–H and O–H groups in total. The first kappa shape index (κ1) is 21.8. The third-order valence-electron chi connectivity index (χ3n) is 4.66. The lowest BCUT2D eigenvalue weighted by molar-refractivity contribution is 0.116. The number of anilines is 1. The number of alkyl halides is 2. The highest BCUT2D eigenvalue weighted by Crippen LogP contribution is 2.27. The van der Waals surface area contributed by atoms with Gasteiger partial charge in [0.2, 0.25) is 5.89 Å². The van der Waals surface area contributed by atoms with Gasteiger partial charge in [-0.1, -0.05) is 24.3 Å². The van der Waals surface area contributed by atoms with E-state index in [9.17, 15) is 17.4 Å². The molecule has 1 aromatic heterocycles. The van der Waals surface area contributed by atoms with Crippen molar-refractivity contribution in [1.82, 2.24) is 14.5 Å². The molecule has 2 heterocycles. The molecule has 0 bridgehead atoms. The van der Waals surface area contributed by atoms with Gasteiger partial charge in [0.15, 0.2) is 11.2 Å². The summed E-state index contributed by atoms with van der Waals surface area (Å²) in [4.78, 5) is 0. The molecule has 1 unspecified atom stereocenters. The lowest BCUT2D eigenvalue weighted by atomic mass is 10.1. The Bertz CT molecular complexity index is 1050. The van der Waals surface area contributed by atoms with E-state index in [1.165, 1.54) is 12.1 Å². The number of hydrogen-bond acceptors (Lipinski definition) is 5. The van der Waals surface area contributed by atoms with Crippen LogP contribution in [0.3, 0.4) is 0 Å². The van der Waals surface area contributed by atoms with Crippen LogP contribution in [-0.4, -0.2) is 43.3 Å². The normalized spacial score (nSPS) is 15.9. The summed E-state index contributed by atoms with van der Waals surface area (Å²) < 4.78 is 61.9. The number of para-hydroxylation sites is 1. The first-order valence-electron chi connectivity index (χ1n) is 9.50. The number of benzene rings is 2. The fourth-order valence-electron chi connectivity index (χ4n) is 3.08. The molecule has 3 aromatic rings. The van der Waals surface area contributed by atoms with Crippen molar-refractivity contribution in [1.29, 1.82) is 0 Å². The number of thioether (sulfide) groups is 1. The zero-order valence-corrected chi connectivity index (χ0v) is 17.9. The number of hydrogen-bond donors (Lipinski definition) is 0. The molecule has 1 atom stereocenters. The minimum Gasteiger partial charge on any atom is -0.415 e. The van der Waals surface area contributed by atoms with Crippen LogP contribution in [-0.2, 0) is 17.7 Å². The zero-order valence-electron chi connectivity index (χ0n) is 16.3. The second-order valence-electron chi connectivity index (χ2n) is 6.70. The average molecular weight is 469 g/mol. The van der Waals surface area contributed by atoms with E-state index in [-0.39, 0.29) is 18.0 Å². The Morgan fingerprint density at radius 2 is 1.87 bits per heavy atom. The van der Waals surface area contributed by atoms with E-state index in [4.69, 9.17) is 4.42 Å². The number of rotatable bonds is 7. The summed E-state index contributed by atoms with van der Waals surface area (Å²) in [5, 5.41) is 6.81. The molecule has 1 saturated heterocycles. The summed E-state index contributed by atoms with van der Waals surface area (Å²) >= 11 is 0.327. The largest absolute Gasteiger partial charge is 0.415 e. The van der Waals surface area contributed by atoms with Crippen molar-refractivity contribution in [3.05, 3.63) is 65.8 Å². The molecule has 1 aliphatic heterocycles. The Morgan fingerprint density at radius 1 is 1.13 bits per heavy atom. The number of aromatic nitrogens is 2. The van der Waals surface area contributed by atoms with E-state index in [2.05, 4.69) is 10.2 Å². The van der Waals surface area contributed by atoms with Crippen LogP contribution in [0.4, 0.5) is 18.9 Å². The van der Waals surface area contributed by atoms with Gasteiger partial charge in [-0.3, -0.25) is 4.31 Å². The molecule has 4 rings (SSSR count). The summed E-state index contributed by atoms with van der Waals surface area (Å²) in [5.74, 6) is 0.200. The van der Waals surface area contributed by atoms with Crippen LogP contribution in [0.5, 0.6) is 0 Å². The number of nitrogens with zero attached hydrogens (tertiary/aromatic N) is 4. The van der Waals surface area contributed by atoms with Gasteiger partial charge in [0.25, 0.3) is 5.89 Å². The Balaban J connectivity index is 1.59. The maximum absolute atomic E-state index is 14.9. The van der Waals surface area contributed by atoms with E-state index in [1.54, 1.807) is 4.31 Å². The van der Waals surface area contributed by atoms with E-state index < -0.39 is 29.3 Å². The highest BCUT2D eigenvalue weighted by atomic mass is 32.2. The molecule has 0 aliphatic carbocycles. The van der Waals surface area contributed by atoms with Crippen molar-refractivity contribution in [2.24, 2.45) is 0 Å². The van der Waals surface area contributed by atoms with Gasteiger partial charge in [-0.25, -0.2) is 12.9 Å². The van der Waals surface area contributed by atoms with Crippen molar-refractivity contribution in [2.45, 2.75) is 13.0 Å². The van der Waals surface area contributed by atoms with Gasteiger partial charge in [0, 0.05) is 35.7 Å². The third kappa shape index (κ3) is 5.10. The van der Waals surface area contributed by atoms with Gasteiger partial charge in [-0.2, -0.15) is 20.5 Å². The van der Waals surface area contributed by atoms with Crippen molar-refractivity contribution in [2.75, 3.05) is 28.9 Å². The smallest absolute Gasteiger partial charge is 0.314 e. The van der Waals surface area contributed by atoms with E-state index >= 15 is 0 Å². The first-order chi connectivity index (χ1) is 15.0. The highest BCUT2D eigenvalue weighted by molar-refractivity contribution is 7.99. The first-order valence-corrected chi connectivity index (χ1v) is 11.7. The fourth-order valence-corrected chi connectivity index (χ4v) is 5.54. The fraction of sp³-hybridized carbons (Fsp3) is 0.300. The standard InChI is InChI=1S/C20H19F3N4O2S2/c21-17-12-14(19-24-25-20(29-19)18(22)23)6-7-15(17)13-27(16-4-2-1-3-5-16)31(28)26-8-10-30-11-9-26/h1-7,12,18H,8-11,13H2. The topological polar surface area (TPSA) is 62.5 Å². The second-order valence-corrected chi connectivity index (χ2v) is 9.34. The molecule has 1 aliphatic rings. The van der Waals surface area contributed by atoms with E-state index in [0.29, 0.717) is 24.3 Å². The average Bonchev–Trinajstić information content (AvgIpc) is 3.30. The van der Waals surface area contributed by atoms with Crippen molar-refractivity contribution >= 4 is 28.6 Å². The molecule has 0 saturated carbocycles. The van der Waals surface area contributed by atoms with Gasteiger partial charge < -0.3 is 4.42 Å². The molecular weight excluding hydrogens is 449 g/mol. The summed E-state index contributed by atoms with van der Waals surface area (Å²) in [6, 6.07) is 13.4. The van der Waals surface area contributed by atoms with Crippen molar-refractivity contribution in [3.8, 4) is 11.5 Å². The van der Waals surface area contributed by atoms with Gasteiger partial charge in [-0.05, 0) is 24.3 Å². The molecule has 6 nitrogen and oxygen atoms in total. The molecule has 0 radical (unpaired) electrons. The SMILES string of the molecule is O=S(N1CCSCC1)N(Cc1ccc(-c2nnc(C(F)F)o2)cc1F)c1ccccc1. The lowest BCUT2D eigenvalue weighted by Crippen LogP contribution is -2.42. The molecule has 164 valence electrons. The van der Waals surface area contributed by atoms with Gasteiger partial charge in [0.1, 0.15) is 5.82 Å². The van der Waals surface area contributed by atoms with Crippen LogP contribution < -0.4 is 4.31 Å². The molecule has 0 spiro atoms. The third-order valence-corrected chi connectivity index (χ3v) is 7.13. The molecule has 11 heteroatoms. The molecule has 31 heavy (non-hydrogen) atoms. The summed E-state index contributed by atoms with van der Waals surface area (Å²) in [5.41, 5.74) is 1.21. The van der Waals surface area contributed by atoms with Crippen LogP contribution >= 0.6 is 11.8 Å².